The zero-order chi connectivity index (χ0) is 14.1. The number of hydrogen-bond acceptors (Lipinski definition) is 5. The Kier molecular flexibility index (Phi) is 10.9. The fourth-order valence-corrected chi connectivity index (χ4v) is 0.877. The number of carbonyl (C=O) groups is 2. The second kappa shape index (κ2) is 10.4. The van der Waals surface area contributed by atoms with Crippen LogP contribution in [0.2, 0.25) is 0 Å². The van der Waals surface area contributed by atoms with Gasteiger partial charge in [0.1, 0.15) is 5.95 Å². The van der Waals surface area contributed by atoms with Crippen LogP contribution in [0, 0.1) is 6.92 Å². The van der Waals surface area contributed by atoms with Gasteiger partial charge in [-0.3, -0.25) is 14.4 Å². The summed E-state index contributed by atoms with van der Waals surface area (Å²) in [5, 5.41) is 2.05. The van der Waals surface area contributed by atoms with Crippen LogP contribution in [0.3, 0.4) is 0 Å². The van der Waals surface area contributed by atoms with Crippen LogP contribution < -0.4 is 10.9 Å². The summed E-state index contributed by atoms with van der Waals surface area (Å²) in [4.78, 5) is 36.5. The number of aromatic nitrogens is 2. The van der Waals surface area contributed by atoms with Gasteiger partial charge >= 0.3 is 0 Å². The third-order valence-electron chi connectivity index (χ3n) is 1.38. The third-order valence-corrected chi connectivity index (χ3v) is 1.38. The Balaban J connectivity index is 0. The van der Waals surface area contributed by atoms with Crippen molar-refractivity contribution in [3.05, 3.63) is 33.6 Å². The number of ether oxygens (including phenoxy) is 1. The summed E-state index contributed by atoms with van der Waals surface area (Å²) in [5.74, 6) is 0.000000000000000444. The van der Waals surface area contributed by atoms with Crippen molar-refractivity contribution < 1.29 is 47.0 Å². The summed E-state index contributed by atoms with van der Waals surface area (Å²) in [6.07, 6.45) is -0.961. The summed E-state index contributed by atoms with van der Waals surface area (Å²) in [5.41, 5.74) is 12.8. The Bertz CT molecular complexity index is 476. The molecule has 0 bridgehead atoms. The SMILES string of the molecule is CCOC([NH-])=O.Cc1cc(=O)[nH]c(NC([NH-])=O)n1.[Y]. The molecular weight excluding hydrogens is 331 g/mol. The maximum Gasteiger partial charge on any atom is 0.251 e. The number of nitrogens with zero attached hydrogens (tertiary/aromatic N) is 1. The Morgan fingerprint density at radius 2 is 2.05 bits per heavy atom. The number of amides is 3. The third kappa shape index (κ3) is 11.4. The molecule has 0 fully saturated rings. The molecule has 0 aliphatic carbocycles. The molecule has 0 aliphatic heterocycles. The number of rotatable bonds is 2. The second-order valence-corrected chi connectivity index (χ2v) is 2.91. The average Bonchev–Trinajstić information content (AvgIpc) is 2.14. The number of nitrogens with one attached hydrogen (secondary N) is 4. The fourth-order valence-electron chi connectivity index (χ4n) is 0.877. The van der Waals surface area contributed by atoms with Gasteiger partial charge in [-0.2, -0.15) is 0 Å². The first kappa shape index (κ1) is 19.9. The number of carbonyl (C=O) groups excluding carboxylic acids is 2. The molecule has 0 spiro atoms. The van der Waals surface area contributed by atoms with E-state index in [0.29, 0.717) is 12.3 Å². The van der Waals surface area contributed by atoms with Crippen molar-refractivity contribution in [3.8, 4) is 0 Å². The molecule has 10 heteroatoms. The number of aromatic amines is 1. The normalized spacial score (nSPS) is 8.32. The molecule has 1 rings (SSSR count). The van der Waals surface area contributed by atoms with Crippen molar-refractivity contribution in [2.24, 2.45) is 0 Å². The quantitative estimate of drug-likeness (QED) is 0.839. The van der Waals surface area contributed by atoms with Crippen LogP contribution in [0.1, 0.15) is 12.6 Å². The molecule has 0 unspecified atom stereocenters. The largest absolute Gasteiger partial charge is 0.632 e. The minimum atomic E-state index is -1.01. The van der Waals surface area contributed by atoms with Crippen LogP contribution in [0.4, 0.5) is 15.5 Å². The van der Waals surface area contributed by atoms with Gasteiger partial charge in [0.15, 0.2) is 6.03 Å². The van der Waals surface area contributed by atoms with Crippen molar-refractivity contribution in [1.29, 1.82) is 0 Å². The first-order valence-electron chi connectivity index (χ1n) is 4.84. The number of aryl methyl sites for hydroxylation is 1. The zero-order valence-electron chi connectivity index (χ0n) is 10.4. The van der Waals surface area contributed by atoms with Gasteiger partial charge in [-0.05, 0) is 13.8 Å². The molecule has 0 atom stereocenters. The average molecular weight is 344 g/mol. The maximum atomic E-state index is 10.8. The molecule has 4 N–H and O–H groups in total. The van der Waals surface area contributed by atoms with E-state index < -0.39 is 12.1 Å². The Morgan fingerprint density at radius 1 is 1.47 bits per heavy atom. The molecular formula is C9H13N5O4Y-2. The predicted octanol–water partition coefficient (Wildman–Crippen LogP) is 1.86. The van der Waals surface area contributed by atoms with E-state index in [1.165, 1.54) is 6.07 Å². The molecule has 19 heavy (non-hydrogen) atoms. The summed E-state index contributed by atoms with van der Waals surface area (Å²) >= 11 is 0. The van der Waals surface area contributed by atoms with Gasteiger partial charge in [0, 0.05) is 44.5 Å². The summed E-state index contributed by atoms with van der Waals surface area (Å²) in [6.45, 7) is 3.57. The van der Waals surface area contributed by atoms with Crippen molar-refractivity contribution in [3.63, 3.8) is 0 Å². The van der Waals surface area contributed by atoms with E-state index in [0.717, 1.165) is 0 Å². The summed E-state index contributed by atoms with van der Waals surface area (Å²) in [7, 11) is 0. The molecule has 0 saturated carbocycles. The number of urea groups is 1. The van der Waals surface area contributed by atoms with Crippen molar-refractivity contribution in [2.75, 3.05) is 11.9 Å². The monoisotopic (exact) mass is 344 g/mol. The van der Waals surface area contributed by atoms with Gasteiger partial charge in [-0.25, -0.2) is 4.98 Å². The van der Waals surface area contributed by atoms with Crippen LogP contribution in [0.15, 0.2) is 10.9 Å². The van der Waals surface area contributed by atoms with E-state index in [1.807, 2.05) is 5.32 Å². The van der Waals surface area contributed by atoms with E-state index in [4.69, 9.17) is 11.5 Å². The van der Waals surface area contributed by atoms with E-state index >= 15 is 0 Å². The first-order valence-corrected chi connectivity index (χ1v) is 4.84. The minimum Gasteiger partial charge on any atom is -0.632 e. The summed E-state index contributed by atoms with van der Waals surface area (Å²) in [6, 6.07) is 0.281. The van der Waals surface area contributed by atoms with Crippen molar-refractivity contribution >= 4 is 18.1 Å². The van der Waals surface area contributed by atoms with E-state index in [1.54, 1.807) is 13.8 Å². The maximum absolute atomic E-state index is 10.8. The zero-order valence-corrected chi connectivity index (χ0v) is 13.3. The standard InChI is InChI=1S/C6H8N4O2.C3H7NO2.Y/c1-3-2-4(11)9-6(8-3)10-5(7)12;1-2-6-3(4)5;/h2H,1H3,(H4,7,8,9,10,11,12);2H2,1H3,(H2,4,5);/p-2. The molecule has 103 valence electrons. The van der Waals surface area contributed by atoms with Crippen molar-refractivity contribution in [1.82, 2.24) is 9.97 Å². The van der Waals surface area contributed by atoms with E-state index in [2.05, 4.69) is 14.7 Å². The van der Waals surface area contributed by atoms with Crippen LogP contribution in [0.25, 0.3) is 11.5 Å². The van der Waals surface area contributed by atoms with Crippen molar-refractivity contribution in [2.45, 2.75) is 13.8 Å². The van der Waals surface area contributed by atoms with Gasteiger partial charge in [-0.1, -0.05) is 0 Å². The first-order chi connectivity index (χ1) is 8.35. The molecule has 1 aromatic rings. The molecule has 1 radical (unpaired) electrons. The second-order valence-electron chi connectivity index (χ2n) is 2.91. The molecule has 1 aromatic heterocycles. The fraction of sp³-hybridized carbons (Fsp3) is 0.333. The van der Waals surface area contributed by atoms with Crippen LogP contribution in [-0.2, 0) is 37.4 Å². The van der Waals surface area contributed by atoms with Gasteiger partial charge in [0.05, 0.1) is 6.61 Å². The Morgan fingerprint density at radius 3 is 2.37 bits per heavy atom. The van der Waals surface area contributed by atoms with Crippen LogP contribution >= 0.6 is 0 Å². The van der Waals surface area contributed by atoms with Gasteiger partial charge < -0.3 is 26.5 Å². The van der Waals surface area contributed by atoms with E-state index in [-0.39, 0.29) is 44.2 Å². The molecule has 9 nitrogen and oxygen atoms in total. The van der Waals surface area contributed by atoms with Gasteiger partial charge in [0.2, 0.25) is 6.09 Å². The minimum absolute atomic E-state index is 0. The molecule has 3 amide bonds. The number of H-pyrrole nitrogens is 1. The Labute approximate surface area is 134 Å². The number of anilines is 1. The smallest absolute Gasteiger partial charge is 0.251 e. The molecule has 1 heterocycles. The summed E-state index contributed by atoms with van der Waals surface area (Å²) < 4.78 is 4.07. The van der Waals surface area contributed by atoms with Gasteiger partial charge in [0.25, 0.3) is 5.56 Å². The topological polar surface area (TPSA) is 149 Å². The predicted molar refractivity (Wildman–Crippen MR) is 64.3 cm³/mol. The molecule has 0 aromatic carbocycles. The number of hydrogen-bond donors (Lipinski definition) is 2. The van der Waals surface area contributed by atoms with Crippen LogP contribution in [0.5, 0.6) is 0 Å². The molecule has 0 saturated heterocycles. The Hall–Kier alpha value is -1.48. The molecule has 0 aliphatic rings. The van der Waals surface area contributed by atoms with Crippen LogP contribution in [-0.4, -0.2) is 28.7 Å². The van der Waals surface area contributed by atoms with E-state index in [9.17, 15) is 14.4 Å². The van der Waals surface area contributed by atoms with Gasteiger partial charge in [-0.15, -0.1) is 0 Å².